The molecule has 0 heterocycles. The molecular formula is C17H26F2IN3O3. The number of rotatable bonds is 9. The van der Waals surface area contributed by atoms with E-state index < -0.39 is 6.61 Å². The van der Waals surface area contributed by atoms with Crippen LogP contribution < -0.4 is 10.1 Å². The third kappa shape index (κ3) is 9.73. The van der Waals surface area contributed by atoms with E-state index in [-0.39, 0.29) is 35.7 Å². The average molecular weight is 485 g/mol. The van der Waals surface area contributed by atoms with Crippen molar-refractivity contribution in [3.8, 4) is 5.75 Å². The van der Waals surface area contributed by atoms with E-state index >= 15 is 0 Å². The fourth-order valence-electron chi connectivity index (χ4n) is 2.21. The molecule has 1 aromatic carbocycles. The van der Waals surface area contributed by atoms with Gasteiger partial charge in [-0.25, -0.2) is 0 Å². The third-order valence-corrected chi connectivity index (χ3v) is 3.46. The summed E-state index contributed by atoms with van der Waals surface area (Å²) in [6, 6.07) is 6.49. The minimum absolute atomic E-state index is 0. The zero-order chi connectivity index (χ0) is 18.7. The number of benzene rings is 1. The second kappa shape index (κ2) is 13.5. The first-order chi connectivity index (χ1) is 12.0. The Hall–Kier alpha value is -1.65. The van der Waals surface area contributed by atoms with Gasteiger partial charge in [-0.05, 0) is 30.5 Å². The topological polar surface area (TPSA) is 63.2 Å². The number of ether oxygens (including phenoxy) is 2. The second-order valence-electron chi connectivity index (χ2n) is 5.39. The van der Waals surface area contributed by atoms with Gasteiger partial charge >= 0.3 is 12.6 Å². The van der Waals surface area contributed by atoms with E-state index in [0.717, 1.165) is 18.4 Å². The van der Waals surface area contributed by atoms with E-state index in [1.54, 1.807) is 19.2 Å². The molecule has 0 spiro atoms. The van der Waals surface area contributed by atoms with Crippen molar-refractivity contribution < 1.29 is 23.0 Å². The van der Waals surface area contributed by atoms with E-state index in [1.807, 2.05) is 11.9 Å². The number of unbranched alkanes of at least 4 members (excludes halogenated alkanes) is 1. The maximum Gasteiger partial charge on any atom is 0.387 e. The van der Waals surface area contributed by atoms with Gasteiger partial charge in [0.1, 0.15) is 5.75 Å². The zero-order valence-electron chi connectivity index (χ0n) is 15.2. The lowest BCUT2D eigenvalue weighted by Gasteiger charge is -2.22. The molecule has 6 nitrogen and oxygen atoms in total. The van der Waals surface area contributed by atoms with Gasteiger partial charge in [0.05, 0.1) is 7.11 Å². The molecule has 0 aromatic heterocycles. The Kier molecular flexibility index (Phi) is 12.7. The van der Waals surface area contributed by atoms with Crippen molar-refractivity contribution in [3.05, 3.63) is 29.8 Å². The molecule has 1 N–H and O–H groups in total. The molecule has 1 aromatic rings. The molecule has 0 aliphatic heterocycles. The summed E-state index contributed by atoms with van der Waals surface area (Å²) in [4.78, 5) is 17.2. The first kappa shape index (κ1) is 24.4. The van der Waals surface area contributed by atoms with Crippen LogP contribution in [0, 0.1) is 0 Å². The van der Waals surface area contributed by atoms with Crippen molar-refractivity contribution in [2.45, 2.75) is 32.4 Å². The number of guanidine groups is 1. The molecule has 0 atom stereocenters. The van der Waals surface area contributed by atoms with Crippen LogP contribution >= 0.6 is 24.0 Å². The Morgan fingerprint density at radius 1 is 1.27 bits per heavy atom. The number of nitrogens with one attached hydrogen (secondary N) is 1. The molecule has 0 unspecified atom stereocenters. The van der Waals surface area contributed by atoms with Crippen LogP contribution in [0.5, 0.6) is 5.75 Å². The average Bonchev–Trinajstić information content (AvgIpc) is 2.59. The molecule has 0 aliphatic carbocycles. The fraction of sp³-hybridized carbons (Fsp3) is 0.529. The minimum atomic E-state index is -2.82. The predicted octanol–water partition coefficient (Wildman–Crippen LogP) is 3.26. The Bertz CT molecular complexity index is 557. The summed E-state index contributed by atoms with van der Waals surface area (Å²) in [5.41, 5.74) is 0.942. The van der Waals surface area contributed by atoms with Gasteiger partial charge in [0, 0.05) is 33.6 Å². The van der Waals surface area contributed by atoms with E-state index in [9.17, 15) is 13.6 Å². The Morgan fingerprint density at radius 2 is 1.92 bits per heavy atom. The van der Waals surface area contributed by atoms with Crippen LogP contribution in [0.4, 0.5) is 8.78 Å². The smallest absolute Gasteiger partial charge is 0.387 e. The van der Waals surface area contributed by atoms with Crippen LogP contribution in [0.1, 0.15) is 24.8 Å². The van der Waals surface area contributed by atoms with Crippen LogP contribution in [0.25, 0.3) is 0 Å². The molecule has 0 amide bonds. The van der Waals surface area contributed by atoms with Crippen LogP contribution in [0.2, 0.25) is 0 Å². The quantitative estimate of drug-likeness (QED) is 0.191. The summed E-state index contributed by atoms with van der Waals surface area (Å²) >= 11 is 0. The van der Waals surface area contributed by atoms with Gasteiger partial charge in [0.15, 0.2) is 5.96 Å². The van der Waals surface area contributed by atoms with Crippen LogP contribution in [0.3, 0.4) is 0 Å². The van der Waals surface area contributed by atoms with Crippen LogP contribution in [-0.4, -0.2) is 51.2 Å². The molecule has 0 fully saturated rings. The van der Waals surface area contributed by atoms with Gasteiger partial charge in [-0.15, -0.1) is 24.0 Å². The minimum Gasteiger partial charge on any atom is -0.469 e. The molecule has 9 heteroatoms. The summed E-state index contributed by atoms with van der Waals surface area (Å²) < 4.78 is 33.2. The normalized spacial score (nSPS) is 10.9. The number of carbonyl (C=O) groups excluding carboxylic acids is 1. The molecular weight excluding hydrogens is 459 g/mol. The number of hydrogen-bond donors (Lipinski definition) is 1. The van der Waals surface area contributed by atoms with Crippen molar-refractivity contribution in [2.75, 3.05) is 27.7 Å². The Morgan fingerprint density at radius 3 is 2.46 bits per heavy atom. The molecule has 0 bridgehead atoms. The Labute approximate surface area is 170 Å². The van der Waals surface area contributed by atoms with Gasteiger partial charge in [-0.2, -0.15) is 8.78 Å². The second-order valence-corrected chi connectivity index (χ2v) is 5.39. The number of methoxy groups -OCH3 is 1. The largest absolute Gasteiger partial charge is 0.469 e. The lowest BCUT2D eigenvalue weighted by molar-refractivity contribution is -0.140. The number of hydrogen-bond acceptors (Lipinski definition) is 4. The first-order valence-electron chi connectivity index (χ1n) is 7.98. The zero-order valence-corrected chi connectivity index (χ0v) is 17.5. The molecule has 0 saturated heterocycles. The molecule has 148 valence electrons. The number of halogens is 3. The highest BCUT2D eigenvalue weighted by Gasteiger charge is 2.08. The van der Waals surface area contributed by atoms with Gasteiger partial charge in [0.25, 0.3) is 0 Å². The van der Waals surface area contributed by atoms with E-state index in [2.05, 4.69) is 19.8 Å². The van der Waals surface area contributed by atoms with Gasteiger partial charge in [0.2, 0.25) is 0 Å². The maximum atomic E-state index is 12.1. The first-order valence-corrected chi connectivity index (χ1v) is 7.98. The lowest BCUT2D eigenvalue weighted by Crippen LogP contribution is -2.38. The van der Waals surface area contributed by atoms with Crippen molar-refractivity contribution in [1.29, 1.82) is 0 Å². The number of aliphatic imine (C=N–C) groups is 1. The molecule has 1 rings (SSSR count). The van der Waals surface area contributed by atoms with Crippen molar-refractivity contribution in [1.82, 2.24) is 10.2 Å². The highest BCUT2D eigenvalue weighted by atomic mass is 127. The highest BCUT2D eigenvalue weighted by molar-refractivity contribution is 14.0. The third-order valence-electron chi connectivity index (χ3n) is 3.46. The summed E-state index contributed by atoms with van der Waals surface area (Å²) in [6.45, 7) is -1.57. The monoisotopic (exact) mass is 485 g/mol. The summed E-state index contributed by atoms with van der Waals surface area (Å²) in [7, 11) is 4.95. The number of nitrogens with zero attached hydrogens (tertiary/aromatic N) is 2. The molecule has 0 saturated carbocycles. The Balaban J connectivity index is 0.00000625. The summed E-state index contributed by atoms with van der Waals surface area (Å²) in [6.07, 6.45) is 1.97. The number of esters is 1. The maximum absolute atomic E-state index is 12.1. The van der Waals surface area contributed by atoms with Crippen LogP contribution in [-0.2, 0) is 16.1 Å². The standard InChI is InChI=1S/C17H25F2N3O3.HI/c1-20-17(21-11-5-4-6-15(23)24-3)22(2)12-13-7-9-14(10-8-13)25-16(18)19;/h7-10,16H,4-6,11-12H2,1-3H3,(H,20,21);1H. The lowest BCUT2D eigenvalue weighted by atomic mass is 10.2. The number of alkyl halides is 2. The van der Waals surface area contributed by atoms with Crippen molar-refractivity contribution >= 4 is 35.9 Å². The number of carbonyl (C=O) groups is 1. The van der Waals surface area contributed by atoms with Gasteiger partial charge in [-0.1, -0.05) is 12.1 Å². The predicted molar refractivity (Wildman–Crippen MR) is 107 cm³/mol. The van der Waals surface area contributed by atoms with E-state index in [1.165, 1.54) is 19.2 Å². The van der Waals surface area contributed by atoms with Crippen molar-refractivity contribution in [3.63, 3.8) is 0 Å². The fourth-order valence-corrected chi connectivity index (χ4v) is 2.21. The molecule has 26 heavy (non-hydrogen) atoms. The van der Waals surface area contributed by atoms with Gasteiger partial charge < -0.3 is 19.7 Å². The summed E-state index contributed by atoms with van der Waals surface area (Å²) in [5, 5.41) is 3.22. The highest BCUT2D eigenvalue weighted by Crippen LogP contribution is 2.15. The van der Waals surface area contributed by atoms with E-state index in [4.69, 9.17) is 0 Å². The SMILES string of the molecule is CN=C(NCCCCC(=O)OC)N(C)Cc1ccc(OC(F)F)cc1.I. The van der Waals surface area contributed by atoms with Crippen LogP contribution in [0.15, 0.2) is 29.3 Å². The van der Waals surface area contributed by atoms with E-state index in [0.29, 0.717) is 25.5 Å². The van der Waals surface area contributed by atoms with Gasteiger partial charge in [-0.3, -0.25) is 9.79 Å². The molecule has 0 radical (unpaired) electrons. The van der Waals surface area contributed by atoms with Crippen molar-refractivity contribution in [2.24, 2.45) is 4.99 Å². The molecule has 0 aliphatic rings. The summed E-state index contributed by atoms with van der Waals surface area (Å²) in [5.74, 6) is 0.640.